The number of nitrogens with zero attached hydrogens (tertiary/aromatic N) is 3. The molecule has 0 aliphatic carbocycles. The van der Waals surface area contributed by atoms with Gasteiger partial charge in [-0.3, -0.25) is 14.2 Å². The molecular weight excluding hydrogens is 358 g/mol. The zero-order chi connectivity index (χ0) is 18.0. The van der Waals surface area contributed by atoms with Crippen molar-refractivity contribution >= 4 is 45.2 Å². The number of thioether (sulfide) groups is 1. The first-order chi connectivity index (χ1) is 12.0. The summed E-state index contributed by atoms with van der Waals surface area (Å²) < 4.78 is 1.67. The molecule has 2 N–H and O–H groups in total. The number of amides is 1. The van der Waals surface area contributed by atoms with E-state index in [2.05, 4.69) is 20.3 Å². The van der Waals surface area contributed by atoms with Crippen molar-refractivity contribution in [3.05, 3.63) is 33.7 Å². The fourth-order valence-corrected chi connectivity index (χ4v) is 3.88. The Morgan fingerprint density at radius 1 is 1.52 bits per heavy atom. The summed E-state index contributed by atoms with van der Waals surface area (Å²) in [5, 5.41) is 5.66. The quantitative estimate of drug-likeness (QED) is 0.508. The highest BCUT2D eigenvalue weighted by Crippen LogP contribution is 2.23. The van der Waals surface area contributed by atoms with Gasteiger partial charge in [0.1, 0.15) is 5.52 Å². The second-order valence-corrected chi connectivity index (χ2v) is 7.55. The maximum absolute atomic E-state index is 12.8. The molecule has 0 spiro atoms. The number of rotatable bonds is 6. The largest absolute Gasteiger partial charge is 0.353 e. The minimum absolute atomic E-state index is 0.00229. The van der Waals surface area contributed by atoms with Gasteiger partial charge in [-0.15, -0.1) is 11.3 Å². The third-order valence-electron chi connectivity index (χ3n) is 3.83. The Labute approximate surface area is 152 Å². The van der Waals surface area contributed by atoms with Crippen LogP contribution in [0.2, 0.25) is 0 Å². The van der Waals surface area contributed by atoms with E-state index < -0.39 is 0 Å². The minimum Gasteiger partial charge on any atom is -0.353 e. The first-order valence-electron chi connectivity index (χ1n) is 7.93. The van der Waals surface area contributed by atoms with E-state index >= 15 is 0 Å². The lowest BCUT2D eigenvalue weighted by atomic mass is 10.2. The zero-order valence-corrected chi connectivity index (χ0v) is 15.8. The second kappa shape index (κ2) is 7.40. The van der Waals surface area contributed by atoms with Gasteiger partial charge in [0, 0.05) is 23.3 Å². The summed E-state index contributed by atoms with van der Waals surface area (Å²) in [6, 6.07) is 1.84. The molecule has 132 valence electrons. The number of hydrogen-bond donors (Lipinski definition) is 2. The smallest absolute Gasteiger partial charge is 0.278 e. The third kappa shape index (κ3) is 3.77. The SMILES string of the molecule is CC[C@@H](C)n1c(SCC(=O)Nc2nccs2)nc2cc(C)[nH]c2c1=O. The van der Waals surface area contributed by atoms with E-state index in [4.69, 9.17) is 0 Å². The van der Waals surface area contributed by atoms with Crippen molar-refractivity contribution in [3.63, 3.8) is 0 Å². The van der Waals surface area contributed by atoms with Gasteiger partial charge in [0.25, 0.3) is 5.56 Å². The predicted octanol–water partition coefficient (Wildman–Crippen LogP) is 3.19. The molecule has 1 amide bonds. The maximum atomic E-state index is 12.8. The first-order valence-corrected chi connectivity index (χ1v) is 9.80. The first kappa shape index (κ1) is 17.7. The topological polar surface area (TPSA) is 92.7 Å². The van der Waals surface area contributed by atoms with Crippen molar-refractivity contribution < 1.29 is 4.79 Å². The van der Waals surface area contributed by atoms with E-state index in [1.54, 1.807) is 16.1 Å². The lowest BCUT2D eigenvalue weighted by molar-refractivity contribution is -0.113. The summed E-state index contributed by atoms with van der Waals surface area (Å²) in [5.41, 5.74) is 1.92. The van der Waals surface area contributed by atoms with Crippen LogP contribution in [-0.2, 0) is 4.79 Å². The number of anilines is 1. The van der Waals surface area contributed by atoms with Crippen LogP contribution in [0.1, 0.15) is 32.0 Å². The van der Waals surface area contributed by atoms with Crippen molar-refractivity contribution in [1.82, 2.24) is 19.5 Å². The Balaban J connectivity index is 1.88. The number of aromatic nitrogens is 4. The number of nitrogens with one attached hydrogen (secondary N) is 2. The van der Waals surface area contributed by atoms with Gasteiger partial charge in [-0.1, -0.05) is 18.7 Å². The highest BCUT2D eigenvalue weighted by molar-refractivity contribution is 7.99. The molecule has 3 aromatic rings. The van der Waals surface area contributed by atoms with Crippen LogP contribution in [0.15, 0.2) is 27.6 Å². The summed E-state index contributed by atoms with van der Waals surface area (Å²) in [7, 11) is 0. The molecule has 3 rings (SSSR count). The highest BCUT2D eigenvalue weighted by atomic mass is 32.2. The lowest BCUT2D eigenvalue weighted by Crippen LogP contribution is -2.26. The Bertz CT molecular complexity index is 945. The molecule has 0 aliphatic heterocycles. The van der Waals surface area contributed by atoms with E-state index in [1.807, 2.05) is 26.8 Å². The number of aromatic amines is 1. The summed E-state index contributed by atoms with van der Waals surface area (Å²) in [5.74, 6) is -0.00701. The van der Waals surface area contributed by atoms with Crippen molar-refractivity contribution in [3.8, 4) is 0 Å². The zero-order valence-electron chi connectivity index (χ0n) is 14.2. The normalized spacial score (nSPS) is 12.4. The van der Waals surface area contributed by atoms with E-state index in [-0.39, 0.29) is 23.3 Å². The van der Waals surface area contributed by atoms with Gasteiger partial charge in [-0.2, -0.15) is 0 Å². The van der Waals surface area contributed by atoms with Crippen LogP contribution in [0.5, 0.6) is 0 Å². The lowest BCUT2D eigenvalue weighted by Gasteiger charge is -2.17. The second-order valence-electron chi connectivity index (χ2n) is 5.71. The van der Waals surface area contributed by atoms with Crippen molar-refractivity contribution in [1.29, 1.82) is 0 Å². The number of carbonyl (C=O) groups excluding carboxylic acids is 1. The van der Waals surface area contributed by atoms with Gasteiger partial charge in [0.05, 0.1) is 11.3 Å². The van der Waals surface area contributed by atoms with Crippen LogP contribution in [0.25, 0.3) is 11.0 Å². The standard InChI is InChI=1S/C16H19N5O2S2/c1-4-10(3)21-14(23)13-11(7-9(2)18-13)19-16(21)25-8-12(22)20-15-17-5-6-24-15/h5-7,10,18H,4,8H2,1-3H3,(H,17,20,22)/t10-/m1/s1. The van der Waals surface area contributed by atoms with Gasteiger partial charge in [-0.25, -0.2) is 9.97 Å². The molecule has 0 unspecified atom stereocenters. The molecule has 0 radical (unpaired) electrons. The summed E-state index contributed by atoms with van der Waals surface area (Å²) in [6.45, 7) is 5.89. The molecule has 3 aromatic heterocycles. The van der Waals surface area contributed by atoms with Crippen LogP contribution in [0.4, 0.5) is 5.13 Å². The molecule has 3 heterocycles. The maximum Gasteiger partial charge on any atom is 0.278 e. The molecule has 1 atom stereocenters. The molecule has 0 saturated heterocycles. The van der Waals surface area contributed by atoms with Gasteiger partial charge < -0.3 is 10.3 Å². The Hall–Kier alpha value is -2.13. The monoisotopic (exact) mass is 377 g/mol. The molecule has 25 heavy (non-hydrogen) atoms. The van der Waals surface area contributed by atoms with Crippen LogP contribution < -0.4 is 10.9 Å². The van der Waals surface area contributed by atoms with Crippen molar-refractivity contribution in [2.45, 2.75) is 38.4 Å². The third-order valence-corrected chi connectivity index (χ3v) is 5.47. The summed E-state index contributed by atoms with van der Waals surface area (Å²) >= 11 is 2.63. The minimum atomic E-state index is -0.171. The highest BCUT2D eigenvalue weighted by Gasteiger charge is 2.18. The number of thiazole rings is 1. The van der Waals surface area contributed by atoms with Gasteiger partial charge in [-0.05, 0) is 26.3 Å². The molecule has 0 aromatic carbocycles. The van der Waals surface area contributed by atoms with E-state index in [0.717, 1.165) is 12.1 Å². The van der Waals surface area contributed by atoms with Crippen LogP contribution >= 0.6 is 23.1 Å². The number of fused-ring (bicyclic) bond motifs is 1. The van der Waals surface area contributed by atoms with Crippen LogP contribution in [0, 0.1) is 6.92 Å². The number of aryl methyl sites for hydroxylation is 1. The molecule has 0 aliphatic rings. The van der Waals surface area contributed by atoms with Crippen LogP contribution in [-0.4, -0.2) is 31.2 Å². The van der Waals surface area contributed by atoms with E-state index in [9.17, 15) is 9.59 Å². The molecule has 0 fully saturated rings. The van der Waals surface area contributed by atoms with E-state index in [0.29, 0.717) is 21.3 Å². The Kier molecular flexibility index (Phi) is 5.24. The van der Waals surface area contributed by atoms with Crippen molar-refractivity contribution in [2.75, 3.05) is 11.1 Å². The van der Waals surface area contributed by atoms with Gasteiger partial charge in [0.2, 0.25) is 5.91 Å². The Morgan fingerprint density at radius 2 is 2.32 bits per heavy atom. The predicted molar refractivity (Wildman–Crippen MR) is 102 cm³/mol. The molecule has 9 heteroatoms. The van der Waals surface area contributed by atoms with Gasteiger partial charge in [0.15, 0.2) is 10.3 Å². The molecule has 0 bridgehead atoms. The fraction of sp³-hybridized carbons (Fsp3) is 0.375. The van der Waals surface area contributed by atoms with Crippen LogP contribution in [0.3, 0.4) is 0 Å². The number of hydrogen-bond acceptors (Lipinski definition) is 6. The molecule has 0 saturated carbocycles. The molecular formula is C16H19N5O2S2. The van der Waals surface area contributed by atoms with E-state index in [1.165, 1.54) is 23.1 Å². The number of carbonyl (C=O) groups is 1. The average molecular weight is 377 g/mol. The average Bonchev–Trinajstić information content (AvgIpc) is 3.21. The summed E-state index contributed by atoms with van der Waals surface area (Å²) in [4.78, 5) is 36.6. The van der Waals surface area contributed by atoms with Gasteiger partial charge >= 0.3 is 0 Å². The fourth-order valence-electron chi connectivity index (χ4n) is 2.43. The Morgan fingerprint density at radius 3 is 3.00 bits per heavy atom. The van der Waals surface area contributed by atoms with Crippen molar-refractivity contribution in [2.24, 2.45) is 0 Å². The summed E-state index contributed by atoms with van der Waals surface area (Å²) in [6.07, 6.45) is 2.43. The number of H-pyrrole nitrogens is 1. The molecule has 7 nitrogen and oxygen atoms in total.